The molecule has 1 N–H and O–H groups in total. The summed E-state index contributed by atoms with van der Waals surface area (Å²) in [6.45, 7) is 7.38. The van der Waals surface area contributed by atoms with Crippen LogP contribution in [-0.4, -0.2) is 57.7 Å². The van der Waals surface area contributed by atoms with E-state index >= 15 is 0 Å². The highest BCUT2D eigenvalue weighted by atomic mass is 32.2. The first kappa shape index (κ1) is 20.1. The quantitative estimate of drug-likeness (QED) is 0.574. The minimum Gasteiger partial charge on any atom is -0.444 e. The highest BCUT2D eigenvalue weighted by molar-refractivity contribution is 7.86. The van der Waals surface area contributed by atoms with E-state index in [1.54, 1.807) is 32.9 Å². The van der Waals surface area contributed by atoms with Crippen molar-refractivity contribution < 1.29 is 31.6 Å². The number of carbonyl (C=O) groups is 1. The Morgan fingerprint density at radius 3 is 2.48 bits per heavy atom. The Labute approximate surface area is 159 Å². The maximum Gasteiger partial charge on any atom is 0.407 e. The van der Waals surface area contributed by atoms with Gasteiger partial charge in [-0.15, -0.1) is 0 Å². The summed E-state index contributed by atoms with van der Waals surface area (Å²) in [5, 5.41) is 2.55. The molecule has 0 saturated carbocycles. The van der Waals surface area contributed by atoms with Gasteiger partial charge < -0.3 is 19.5 Å². The van der Waals surface area contributed by atoms with Crippen molar-refractivity contribution in [2.24, 2.45) is 0 Å². The molecular formula is C18H25NO7S. The van der Waals surface area contributed by atoms with Gasteiger partial charge in [0.25, 0.3) is 10.1 Å². The van der Waals surface area contributed by atoms with Crippen LogP contribution in [0.4, 0.5) is 4.79 Å². The first-order chi connectivity index (χ1) is 12.5. The number of amides is 1. The molecule has 3 rings (SSSR count). The fourth-order valence-electron chi connectivity index (χ4n) is 2.83. The molecule has 2 aliphatic rings. The molecule has 150 valence electrons. The molecule has 0 aromatic heterocycles. The van der Waals surface area contributed by atoms with Crippen molar-refractivity contribution in [2.45, 2.75) is 62.6 Å². The maximum atomic E-state index is 12.6. The third kappa shape index (κ3) is 5.19. The summed E-state index contributed by atoms with van der Waals surface area (Å²) in [5.74, 6) is 0. The summed E-state index contributed by atoms with van der Waals surface area (Å²) < 4.78 is 46.9. The lowest BCUT2D eigenvalue weighted by Gasteiger charge is -2.25. The standard InChI is InChI=1S/C18H25NO7S/c1-11-5-7-12(8-6-11)27(21,22)26-13(15-16-14(24-16)10-23-15)9-19-17(20)25-18(2,3)4/h5-8,13-16H,9-10H2,1-4H3,(H,19,20)/t13?,14-,15+,16-/m0/s1. The summed E-state index contributed by atoms with van der Waals surface area (Å²) in [4.78, 5) is 12.0. The molecule has 0 spiro atoms. The third-order valence-corrected chi connectivity index (χ3v) is 5.52. The molecule has 4 atom stereocenters. The summed E-state index contributed by atoms with van der Waals surface area (Å²) in [7, 11) is -4.03. The van der Waals surface area contributed by atoms with Crippen LogP contribution < -0.4 is 5.32 Å². The molecule has 1 amide bonds. The van der Waals surface area contributed by atoms with E-state index in [1.165, 1.54) is 12.1 Å². The monoisotopic (exact) mass is 399 g/mol. The van der Waals surface area contributed by atoms with Crippen LogP contribution in [-0.2, 0) is 28.5 Å². The Morgan fingerprint density at radius 1 is 1.30 bits per heavy atom. The van der Waals surface area contributed by atoms with Gasteiger partial charge in [0, 0.05) is 0 Å². The summed E-state index contributed by atoms with van der Waals surface area (Å²) in [5.41, 5.74) is 0.272. The summed E-state index contributed by atoms with van der Waals surface area (Å²) >= 11 is 0. The molecule has 1 aromatic rings. The zero-order valence-electron chi connectivity index (χ0n) is 15.8. The number of nitrogens with one attached hydrogen (secondary N) is 1. The lowest BCUT2D eigenvalue weighted by Crippen LogP contribution is -2.45. The van der Waals surface area contributed by atoms with Gasteiger partial charge >= 0.3 is 6.09 Å². The molecule has 2 fully saturated rings. The fourth-order valence-corrected chi connectivity index (χ4v) is 3.91. The van der Waals surface area contributed by atoms with E-state index in [1.807, 2.05) is 6.92 Å². The van der Waals surface area contributed by atoms with Crippen LogP contribution in [0, 0.1) is 6.92 Å². The predicted molar refractivity (Wildman–Crippen MR) is 95.9 cm³/mol. The van der Waals surface area contributed by atoms with Crippen molar-refractivity contribution in [1.29, 1.82) is 0 Å². The molecule has 8 nitrogen and oxygen atoms in total. The van der Waals surface area contributed by atoms with Gasteiger partial charge in [-0.25, -0.2) is 4.79 Å². The normalized spacial score (nSPS) is 25.6. The maximum absolute atomic E-state index is 12.6. The van der Waals surface area contributed by atoms with Crippen LogP contribution in [0.5, 0.6) is 0 Å². The first-order valence-corrected chi connectivity index (χ1v) is 10.2. The predicted octanol–water partition coefficient (Wildman–Crippen LogP) is 1.76. The van der Waals surface area contributed by atoms with Gasteiger partial charge in [0.2, 0.25) is 0 Å². The fraction of sp³-hybridized carbons (Fsp3) is 0.611. The second-order valence-electron chi connectivity index (χ2n) is 7.72. The molecule has 1 aromatic carbocycles. The van der Waals surface area contributed by atoms with Crippen LogP contribution >= 0.6 is 0 Å². The van der Waals surface area contributed by atoms with Crippen molar-refractivity contribution in [3.8, 4) is 0 Å². The van der Waals surface area contributed by atoms with Crippen LogP contribution in [0.3, 0.4) is 0 Å². The van der Waals surface area contributed by atoms with E-state index in [2.05, 4.69) is 5.32 Å². The van der Waals surface area contributed by atoms with Crippen molar-refractivity contribution >= 4 is 16.2 Å². The van der Waals surface area contributed by atoms with Crippen LogP contribution in [0.2, 0.25) is 0 Å². The minimum atomic E-state index is -4.03. The van der Waals surface area contributed by atoms with E-state index in [-0.39, 0.29) is 23.6 Å². The van der Waals surface area contributed by atoms with Crippen LogP contribution in [0.15, 0.2) is 29.2 Å². The second-order valence-corrected chi connectivity index (χ2v) is 9.29. The third-order valence-electron chi connectivity index (χ3n) is 4.17. The number of benzene rings is 1. The SMILES string of the molecule is Cc1ccc(S(=O)(=O)OC(CNC(=O)OC(C)(C)C)[C@H]2OC[C@@H]3O[C@@H]32)cc1. The molecule has 2 aliphatic heterocycles. The Bertz CT molecular complexity index is 785. The van der Waals surface area contributed by atoms with Gasteiger partial charge in [-0.2, -0.15) is 8.42 Å². The largest absolute Gasteiger partial charge is 0.444 e. The van der Waals surface area contributed by atoms with Crippen LogP contribution in [0.1, 0.15) is 26.3 Å². The number of hydrogen-bond acceptors (Lipinski definition) is 7. The average Bonchev–Trinajstić information content (AvgIpc) is 3.21. The number of rotatable bonds is 6. The molecule has 1 unspecified atom stereocenters. The van der Waals surface area contributed by atoms with E-state index in [0.29, 0.717) is 6.61 Å². The van der Waals surface area contributed by atoms with Crippen LogP contribution in [0.25, 0.3) is 0 Å². The number of alkyl carbamates (subject to hydrolysis) is 1. The number of carbonyl (C=O) groups excluding carboxylic acids is 1. The van der Waals surface area contributed by atoms with E-state index in [0.717, 1.165) is 5.56 Å². The summed E-state index contributed by atoms with van der Waals surface area (Å²) in [6, 6.07) is 6.34. The Balaban J connectivity index is 1.70. The molecule has 0 aliphatic carbocycles. The van der Waals surface area contributed by atoms with Gasteiger partial charge in [0.15, 0.2) is 0 Å². The first-order valence-electron chi connectivity index (χ1n) is 8.79. The van der Waals surface area contributed by atoms with E-state index < -0.39 is 34.0 Å². The number of hydrogen-bond donors (Lipinski definition) is 1. The number of fused-ring (bicyclic) bond motifs is 1. The van der Waals surface area contributed by atoms with Crippen molar-refractivity contribution in [3.63, 3.8) is 0 Å². The lowest BCUT2D eigenvalue weighted by atomic mass is 10.1. The lowest BCUT2D eigenvalue weighted by molar-refractivity contribution is -0.0356. The summed E-state index contributed by atoms with van der Waals surface area (Å²) in [6.07, 6.45) is -2.42. The molecule has 9 heteroatoms. The highest BCUT2D eigenvalue weighted by Crippen LogP contribution is 2.37. The second kappa shape index (κ2) is 7.38. The molecule has 27 heavy (non-hydrogen) atoms. The smallest absolute Gasteiger partial charge is 0.407 e. The molecular weight excluding hydrogens is 374 g/mol. The number of aryl methyl sites for hydroxylation is 1. The Morgan fingerprint density at radius 2 is 1.96 bits per heavy atom. The van der Waals surface area contributed by atoms with Gasteiger partial charge in [0.1, 0.15) is 30.0 Å². The van der Waals surface area contributed by atoms with E-state index in [4.69, 9.17) is 18.4 Å². The Hall–Kier alpha value is -1.68. The molecule has 2 heterocycles. The van der Waals surface area contributed by atoms with E-state index in [9.17, 15) is 13.2 Å². The zero-order valence-corrected chi connectivity index (χ0v) is 16.6. The number of ether oxygens (including phenoxy) is 3. The van der Waals surface area contributed by atoms with Gasteiger partial charge in [-0.1, -0.05) is 17.7 Å². The highest BCUT2D eigenvalue weighted by Gasteiger charge is 2.55. The topological polar surface area (TPSA) is 103 Å². The van der Waals surface area contributed by atoms with Crippen molar-refractivity contribution in [2.75, 3.05) is 13.2 Å². The van der Waals surface area contributed by atoms with Crippen molar-refractivity contribution in [1.82, 2.24) is 5.32 Å². The Kier molecular flexibility index (Phi) is 5.49. The minimum absolute atomic E-state index is 0.0373. The van der Waals surface area contributed by atoms with Gasteiger partial charge in [-0.05, 0) is 39.8 Å². The molecule has 2 saturated heterocycles. The zero-order chi connectivity index (χ0) is 19.8. The average molecular weight is 399 g/mol. The van der Waals surface area contributed by atoms with Crippen molar-refractivity contribution in [3.05, 3.63) is 29.8 Å². The molecule has 0 radical (unpaired) electrons. The van der Waals surface area contributed by atoms with Gasteiger partial charge in [-0.3, -0.25) is 4.18 Å². The van der Waals surface area contributed by atoms with Gasteiger partial charge in [0.05, 0.1) is 18.0 Å². The number of epoxide rings is 1. The molecule has 0 bridgehead atoms.